The van der Waals surface area contributed by atoms with Gasteiger partial charge < -0.3 is 40.9 Å². The number of carbonyl (C=O) groups is 7. The lowest BCUT2D eigenvalue weighted by Crippen LogP contribution is -2.42. The lowest BCUT2D eigenvalue weighted by Gasteiger charge is -2.18. The molecule has 8 N–H and O–H groups in total. The molecule has 15 nitrogen and oxygen atoms in total. The highest BCUT2D eigenvalue weighted by Crippen LogP contribution is 2.15. The van der Waals surface area contributed by atoms with Crippen LogP contribution in [0.1, 0.15) is 19.8 Å². The molecular weight excluding hydrogens is 372 g/mol. The molecule has 0 radical (unpaired) electrons. The van der Waals surface area contributed by atoms with Crippen LogP contribution in [0.15, 0.2) is 0 Å². The number of hydrogen-bond acceptors (Lipinski definition) is 8. The molecule has 15 heteroatoms. The summed E-state index contributed by atoms with van der Waals surface area (Å²) in [4.78, 5) is 66.0. The average Bonchev–Trinajstić information content (AvgIpc) is 2.37. The minimum Gasteiger partial charge on any atom is -0.483 e. The summed E-state index contributed by atoms with van der Waals surface area (Å²) < 4.78 is 0. The highest BCUT2D eigenvalue weighted by atomic mass is 16.4. The molecule has 0 heterocycles. The van der Waals surface area contributed by atoms with Gasteiger partial charge in [0.05, 0.1) is 12.8 Å². The summed E-state index contributed by atoms with van der Waals surface area (Å²) in [6.45, 7) is 0.833. The molecule has 0 saturated heterocycles. The molecule has 0 aromatic rings. The maximum Gasteiger partial charge on any atom is 0.414 e. The molecule has 0 aromatic heterocycles. The molecule has 0 bridgehead atoms. The molecule has 0 aliphatic heterocycles. The Morgan fingerprint density at radius 2 is 0.962 bits per heavy atom. The molecule has 0 aliphatic carbocycles. The minimum absolute atomic E-state index is 0.250. The molecule has 0 aromatic carbocycles. The van der Waals surface area contributed by atoms with Crippen LogP contribution in [0, 0.1) is 0 Å². The van der Waals surface area contributed by atoms with Gasteiger partial charge in [0.25, 0.3) is 12.4 Å². The van der Waals surface area contributed by atoms with Crippen LogP contribution in [-0.4, -0.2) is 88.7 Å². The van der Waals surface area contributed by atoms with E-state index >= 15 is 0 Å². The van der Waals surface area contributed by atoms with Crippen LogP contribution in [0.2, 0.25) is 0 Å². The predicted octanol–water partition coefficient (Wildman–Crippen LogP) is -2.30. The molecule has 0 amide bonds. The Hall–Kier alpha value is -3.75. The lowest BCUT2D eigenvalue weighted by atomic mass is 9.96. The Bertz CT molecular complexity index is 488. The van der Waals surface area contributed by atoms with E-state index in [-0.39, 0.29) is 6.47 Å². The van der Waals surface area contributed by atoms with Crippen molar-refractivity contribution < 1.29 is 74.4 Å². The standard InChI is InChI=1S/C6H8O7.C2H2O4.C2H4O2.CH2O2/c7-3(8)1-6(13,5(11)12)2-4(9)10;3-1(4)2(5)6;1-2(3)4;2-1-3/h13H,1-2H2,(H,7,8)(H,9,10)(H,11,12);(H,3,4)(H,5,6);1H3,(H,3,4);1H,(H,2,3). The van der Waals surface area contributed by atoms with E-state index in [2.05, 4.69) is 0 Å². The maximum absolute atomic E-state index is 10.3. The van der Waals surface area contributed by atoms with Crippen molar-refractivity contribution in [3.63, 3.8) is 0 Å². The summed E-state index contributed by atoms with van der Waals surface area (Å²) in [5.41, 5.74) is -2.74. The summed E-state index contributed by atoms with van der Waals surface area (Å²) in [6.07, 6.45) is -2.29. The first-order valence-corrected chi connectivity index (χ1v) is 5.70. The average molecular weight is 388 g/mol. The van der Waals surface area contributed by atoms with E-state index < -0.39 is 54.3 Å². The van der Waals surface area contributed by atoms with Gasteiger partial charge in [-0.25, -0.2) is 14.4 Å². The van der Waals surface area contributed by atoms with Crippen LogP contribution in [-0.2, 0) is 33.6 Å². The van der Waals surface area contributed by atoms with Crippen molar-refractivity contribution >= 4 is 42.3 Å². The fraction of sp³-hybridized carbons (Fsp3) is 0.364. The zero-order valence-corrected chi connectivity index (χ0v) is 12.9. The summed E-state index contributed by atoms with van der Waals surface area (Å²) in [5.74, 6) is -9.50. The third kappa shape index (κ3) is 28.4. The van der Waals surface area contributed by atoms with E-state index in [1.54, 1.807) is 0 Å². The number of aliphatic hydroxyl groups is 1. The Morgan fingerprint density at radius 1 is 0.769 bits per heavy atom. The Balaban J connectivity index is -0.000000154. The number of carboxylic acids is 6. The van der Waals surface area contributed by atoms with E-state index in [0.29, 0.717) is 0 Å². The van der Waals surface area contributed by atoms with E-state index in [0.717, 1.165) is 6.92 Å². The molecule has 150 valence electrons. The van der Waals surface area contributed by atoms with Crippen LogP contribution < -0.4 is 0 Å². The molecule has 0 atom stereocenters. The normalized spacial score (nSPS) is 8.54. The topological polar surface area (TPSA) is 281 Å². The maximum atomic E-state index is 10.3. The molecule has 0 aliphatic rings. The summed E-state index contributed by atoms with van der Waals surface area (Å²) in [5, 5.41) is 62.9. The first-order chi connectivity index (χ1) is 11.6. The smallest absolute Gasteiger partial charge is 0.414 e. The first-order valence-electron chi connectivity index (χ1n) is 5.70. The van der Waals surface area contributed by atoms with Gasteiger partial charge in [0.2, 0.25) is 0 Å². The van der Waals surface area contributed by atoms with Crippen molar-refractivity contribution in [1.82, 2.24) is 0 Å². The van der Waals surface area contributed by atoms with Gasteiger partial charge >= 0.3 is 29.8 Å². The second-order valence-corrected chi connectivity index (χ2v) is 3.71. The van der Waals surface area contributed by atoms with Gasteiger partial charge in [0, 0.05) is 6.92 Å². The second-order valence-electron chi connectivity index (χ2n) is 3.71. The number of hydrogen-bond donors (Lipinski definition) is 8. The van der Waals surface area contributed by atoms with Crippen molar-refractivity contribution in [3.05, 3.63) is 0 Å². The van der Waals surface area contributed by atoms with Gasteiger partial charge in [0.1, 0.15) is 0 Å². The zero-order valence-electron chi connectivity index (χ0n) is 12.9. The molecule has 0 saturated carbocycles. The third-order valence-corrected chi connectivity index (χ3v) is 1.47. The van der Waals surface area contributed by atoms with Crippen molar-refractivity contribution in [1.29, 1.82) is 0 Å². The second kappa shape index (κ2) is 16.1. The van der Waals surface area contributed by atoms with Crippen molar-refractivity contribution in [2.75, 3.05) is 0 Å². The largest absolute Gasteiger partial charge is 0.483 e. The number of aliphatic carboxylic acids is 6. The van der Waals surface area contributed by atoms with Gasteiger partial charge in [-0.05, 0) is 0 Å². The first kappa shape index (κ1) is 30.2. The molecular formula is C11H16O15. The summed E-state index contributed by atoms with van der Waals surface area (Å²) in [7, 11) is 0. The number of carboxylic acid groups (broad SMARTS) is 7. The van der Waals surface area contributed by atoms with Crippen LogP contribution in [0.5, 0.6) is 0 Å². The zero-order chi connectivity index (χ0) is 22.1. The highest BCUT2D eigenvalue weighted by Gasteiger charge is 2.40. The van der Waals surface area contributed by atoms with Gasteiger partial charge in [-0.3, -0.25) is 19.2 Å². The van der Waals surface area contributed by atoms with Gasteiger partial charge in [-0.2, -0.15) is 0 Å². The SMILES string of the molecule is CC(=O)O.O=C(O)C(=O)O.O=C(O)CC(O)(CC(=O)O)C(=O)O.O=CO. The minimum atomic E-state index is -2.74. The van der Waals surface area contributed by atoms with Crippen molar-refractivity contribution in [2.24, 2.45) is 0 Å². The van der Waals surface area contributed by atoms with Crippen LogP contribution >= 0.6 is 0 Å². The van der Waals surface area contributed by atoms with Crippen LogP contribution in [0.25, 0.3) is 0 Å². The molecule has 0 spiro atoms. The van der Waals surface area contributed by atoms with Crippen LogP contribution in [0.4, 0.5) is 0 Å². The lowest BCUT2D eigenvalue weighted by molar-refractivity contribution is -0.170. The molecule has 0 fully saturated rings. The van der Waals surface area contributed by atoms with E-state index in [1.165, 1.54) is 0 Å². The molecule has 26 heavy (non-hydrogen) atoms. The molecule has 0 unspecified atom stereocenters. The quantitative estimate of drug-likeness (QED) is 0.181. The van der Waals surface area contributed by atoms with Crippen molar-refractivity contribution in [2.45, 2.75) is 25.4 Å². The van der Waals surface area contributed by atoms with E-state index in [4.69, 9.17) is 60.0 Å². The third-order valence-electron chi connectivity index (χ3n) is 1.47. The Kier molecular flexibility index (Phi) is 18.7. The number of rotatable bonds is 5. The van der Waals surface area contributed by atoms with E-state index in [1.807, 2.05) is 0 Å². The molecule has 0 rings (SSSR count). The summed E-state index contributed by atoms with van der Waals surface area (Å²) >= 11 is 0. The Labute approximate surface area is 143 Å². The fourth-order valence-electron chi connectivity index (χ4n) is 0.714. The Morgan fingerprint density at radius 3 is 1.04 bits per heavy atom. The van der Waals surface area contributed by atoms with Gasteiger partial charge in [0.15, 0.2) is 5.60 Å². The van der Waals surface area contributed by atoms with Crippen molar-refractivity contribution in [3.8, 4) is 0 Å². The summed E-state index contributed by atoms with van der Waals surface area (Å²) in [6, 6.07) is 0. The fourth-order valence-corrected chi connectivity index (χ4v) is 0.714. The monoisotopic (exact) mass is 388 g/mol. The van der Waals surface area contributed by atoms with Gasteiger partial charge in [-0.15, -0.1) is 0 Å². The predicted molar refractivity (Wildman–Crippen MR) is 74.4 cm³/mol. The van der Waals surface area contributed by atoms with Crippen LogP contribution in [0.3, 0.4) is 0 Å². The van der Waals surface area contributed by atoms with E-state index in [9.17, 15) is 14.4 Å². The van der Waals surface area contributed by atoms with Gasteiger partial charge in [-0.1, -0.05) is 0 Å². The highest BCUT2D eigenvalue weighted by molar-refractivity contribution is 6.27.